The lowest BCUT2D eigenvalue weighted by Crippen LogP contribution is -2.38. The lowest BCUT2D eigenvalue weighted by atomic mass is 10.4. The molecule has 2 aliphatic heterocycles. The van der Waals surface area contributed by atoms with E-state index in [0.29, 0.717) is 13.2 Å². The zero-order chi connectivity index (χ0) is 15.3. The third kappa shape index (κ3) is 8.08. The van der Waals surface area contributed by atoms with Gasteiger partial charge in [0.1, 0.15) is 13.2 Å². The fraction of sp³-hybridized carbons (Fsp3) is 0.875. The number of morpholine rings is 2. The van der Waals surface area contributed by atoms with E-state index in [4.69, 9.17) is 18.9 Å². The van der Waals surface area contributed by atoms with Crippen LogP contribution >= 0.6 is 0 Å². The fourth-order valence-corrected chi connectivity index (χ4v) is 2.39. The van der Waals surface area contributed by atoms with E-state index in [1.165, 1.54) is 0 Å². The number of ether oxygens (including phenoxy) is 4. The van der Waals surface area contributed by atoms with Gasteiger partial charge in [0, 0.05) is 39.3 Å². The highest BCUT2D eigenvalue weighted by Crippen LogP contribution is 1.96. The average molecular weight is 312 g/mol. The Morgan fingerprint density at radius 3 is 1.50 bits per heavy atom. The highest BCUT2D eigenvalue weighted by molar-refractivity contribution is 4.99. The maximum Gasteiger partial charge on any atom is 0.107 e. The van der Waals surface area contributed by atoms with Crippen LogP contribution in [-0.2, 0) is 18.9 Å². The van der Waals surface area contributed by atoms with Crippen LogP contribution in [-0.4, -0.2) is 102 Å². The highest BCUT2D eigenvalue weighted by Gasteiger charge is 2.09. The molecule has 0 aliphatic carbocycles. The standard InChI is InChI=1S/C16H28N2O4/c1(9-19-11-3-17-5-13-21-14-6-17)2-10-20-12-4-18-7-15-22-16-8-18/h3-16H2. The highest BCUT2D eigenvalue weighted by atomic mass is 16.5. The summed E-state index contributed by atoms with van der Waals surface area (Å²) in [5.41, 5.74) is 0. The van der Waals surface area contributed by atoms with Gasteiger partial charge in [-0.1, -0.05) is 11.8 Å². The topological polar surface area (TPSA) is 43.4 Å². The molecule has 0 atom stereocenters. The van der Waals surface area contributed by atoms with E-state index in [2.05, 4.69) is 21.6 Å². The van der Waals surface area contributed by atoms with Crippen molar-refractivity contribution in [3.8, 4) is 11.8 Å². The summed E-state index contributed by atoms with van der Waals surface area (Å²) in [7, 11) is 0. The monoisotopic (exact) mass is 312 g/mol. The predicted molar refractivity (Wildman–Crippen MR) is 83.9 cm³/mol. The first-order valence-corrected chi connectivity index (χ1v) is 8.16. The number of rotatable bonds is 8. The molecule has 0 N–H and O–H groups in total. The van der Waals surface area contributed by atoms with Crippen LogP contribution in [0.3, 0.4) is 0 Å². The molecule has 2 heterocycles. The van der Waals surface area contributed by atoms with Crippen molar-refractivity contribution in [1.29, 1.82) is 0 Å². The van der Waals surface area contributed by atoms with Crippen LogP contribution < -0.4 is 0 Å². The molecule has 0 spiro atoms. The van der Waals surface area contributed by atoms with E-state index in [-0.39, 0.29) is 0 Å². The Hall–Kier alpha value is -0.680. The minimum atomic E-state index is 0.483. The molecular formula is C16H28N2O4. The molecule has 2 saturated heterocycles. The van der Waals surface area contributed by atoms with Gasteiger partial charge in [0.25, 0.3) is 0 Å². The Labute approximate surface area is 133 Å². The molecule has 2 rings (SSSR count). The number of hydrogen-bond donors (Lipinski definition) is 0. The summed E-state index contributed by atoms with van der Waals surface area (Å²) in [4.78, 5) is 4.71. The van der Waals surface area contributed by atoms with Crippen LogP contribution in [0, 0.1) is 11.8 Å². The maximum absolute atomic E-state index is 5.50. The van der Waals surface area contributed by atoms with E-state index >= 15 is 0 Å². The average Bonchev–Trinajstić information content (AvgIpc) is 2.58. The summed E-state index contributed by atoms with van der Waals surface area (Å²) >= 11 is 0. The van der Waals surface area contributed by atoms with Crippen molar-refractivity contribution >= 4 is 0 Å². The molecule has 2 aliphatic rings. The van der Waals surface area contributed by atoms with Crippen LogP contribution in [0.25, 0.3) is 0 Å². The third-order valence-corrected chi connectivity index (χ3v) is 3.78. The summed E-state index contributed by atoms with van der Waals surface area (Å²) in [5, 5.41) is 0. The van der Waals surface area contributed by atoms with Gasteiger partial charge in [0.15, 0.2) is 0 Å². The molecule has 0 radical (unpaired) electrons. The van der Waals surface area contributed by atoms with Gasteiger partial charge in [-0.15, -0.1) is 0 Å². The van der Waals surface area contributed by atoms with Gasteiger partial charge in [-0.25, -0.2) is 0 Å². The van der Waals surface area contributed by atoms with Crippen LogP contribution in [0.1, 0.15) is 0 Å². The van der Waals surface area contributed by atoms with Crippen molar-refractivity contribution in [2.45, 2.75) is 0 Å². The maximum atomic E-state index is 5.50. The fourth-order valence-electron chi connectivity index (χ4n) is 2.39. The number of nitrogens with zero attached hydrogens (tertiary/aromatic N) is 2. The van der Waals surface area contributed by atoms with E-state index in [0.717, 1.165) is 78.9 Å². The molecule has 0 unspecified atom stereocenters. The van der Waals surface area contributed by atoms with E-state index in [1.807, 2.05) is 0 Å². The third-order valence-electron chi connectivity index (χ3n) is 3.78. The summed E-state index contributed by atoms with van der Waals surface area (Å²) in [6, 6.07) is 0. The van der Waals surface area contributed by atoms with Gasteiger partial charge >= 0.3 is 0 Å². The van der Waals surface area contributed by atoms with Crippen molar-refractivity contribution in [3.63, 3.8) is 0 Å². The molecule has 0 amide bonds. The van der Waals surface area contributed by atoms with Crippen molar-refractivity contribution in [1.82, 2.24) is 9.80 Å². The first-order chi connectivity index (χ1) is 10.9. The SMILES string of the molecule is C(#CCOCCN1CCOCC1)COCCN1CCOCC1. The molecule has 6 nitrogen and oxygen atoms in total. The Balaban J connectivity index is 1.36. The Bertz CT molecular complexity index is 301. The summed E-state index contributed by atoms with van der Waals surface area (Å²) in [6.07, 6.45) is 0. The van der Waals surface area contributed by atoms with E-state index in [9.17, 15) is 0 Å². The molecule has 22 heavy (non-hydrogen) atoms. The molecule has 0 saturated carbocycles. The molecule has 0 bridgehead atoms. The van der Waals surface area contributed by atoms with Gasteiger partial charge in [0.05, 0.1) is 39.6 Å². The van der Waals surface area contributed by atoms with Crippen LogP contribution in [0.15, 0.2) is 0 Å². The second-order valence-electron chi connectivity index (χ2n) is 5.37. The number of hydrogen-bond acceptors (Lipinski definition) is 6. The largest absolute Gasteiger partial charge is 0.379 e. The Morgan fingerprint density at radius 1 is 0.682 bits per heavy atom. The summed E-state index contributed by atoms with van der Waals surface area (Å²) in [6.45, 7) is 11.7. The zero-order valence-corrected chi connectivity index (χ0v) is 13.4. The van der Waals surface area contributed by atoms with Crippen molar-refractivity contribution in [2.75, 3.05) is 92.1 Å². The second-order valence-corrected chi connectivity index (χ2v) is 5.37. The van der Waals surface area contributed by atoms with Gasteiger partial charge < -0.3 is 18.9 Å². The summed E-state index contributed by atoms with van der Waals surface area (Å²) < 4.78 is 21.6. The minimum absolute atomic E-state index is 0.483. The minimum Gasteiger partial charge on any atom is -0.379 e. The molecule has 6 heteroatoms. The molecular weight excluding hydrogens is 284 g/mol. The van der Waals surface area contributed by atoms with Crippen LogP contribution in [0.4, 0.5) is 0 Å². The van der Waals surface area contributed by atoms with E-state index < -0.39 is 0 Å². The Kier molecular flexibility index (Phi) is 9.50. The molecule has 2 fully saturated rings. The van der Waals surface area contributed by atoms with Gasteiger partial charge in [0.2, 0.25) is 0 Å². The van der Waals surface area contributed by atoms with Gasteiger partial charge in [-0.05, 0) is 0 Å². The predicted octanol–water partition coefficient (Wildman–Crippen LogP) is -0.313. The van der Waals surface area contributed by atoms with Crippen molar-refractivity contribution in [2.24, 2.45) is 0 Å². The van der Waals surface area contributed by atoms with Crippen molar-refractivity contribution in [3.05, 3.63) is 0 Å². The van der Waals surface area contributed by atoms with Gasteiger partial charge in [-0.2, -0.15) is 0 Å². The second kappa shape index (κ2) is 11.8. The molecule has 0 aromatic heterocycles. The van der Waals surface area contributed by atoms with Crippen molar-refractivity contribution < 1.29 is 18.9 Å². The molecule has 0 aromatic carbocycles. The Morgan fingerprint density at radius 2 is 1.09 bits per heavy atom. The van der Waals surface area contributed by atoms with Gasteiger partial charge in [-0.3, -0.25) is 9.80 Å². The van der Waals surface area contributed by atoms with Crippen LogP contribution in [0.2, 0.25) is 0 Å². The molecule has 0 aromatic rings. The lowest BCUT2D eigenvalue weighted by molar-refractivity contribution is 0.0232. The first kappa shape index (κ1) is 17.7. The van der Waals surface area contributed by atoms with E-state index in [1.54, 1.807) is 0 Å². The molecule has 126 valence electrons. The normalized spacial score (nSPS) is 20.5. The summed E-state index contributed by atoms with van der Waals surface area (Å²) in [5.74, 6) is 5.98. The zero-order valence-electron chi connectivity index (χ0n) is 13.4. The first-order valence-electron chi connectivity index (χ1n) is 8.16. The quantitative estimate of drug-likeness (QED) is 0.452. The smallest absolute Gasteiger partial charge is 0.107 e. The lowest BCUT2D eigenvalue weighted by Gasteiger charge is -2.26. The van der Waals surface area contributed by atoms with Crippen LogP contribution in [0.5, 0.6) is 0 Å².